The molecule has 3 aromatic rings. The van der Waals surface area contributed by atoms with Gasteiger partial charge in [0.25, 0.3) is 5.89 Å². The molecule has 9 heteroatoms. The summed E-state index contributed by atoms with van der Waals surface area (Å²) in [5.74, 6) is 1.53. The van der Waals surface area contributed by atoms with Crippen molar-refractivity contribution in [1.82, 2.24) is 14.5 Å². The molecule has 0 bridgehead atoms. The van der Waals surface area contributed by atoms with E-state index in [0.29, 0.717) is 37.2 Å². The maximum Gasteiger partial charge on any atom is 0.257 e. The monoisotopic (exact) mass is 419 g/mol. The van der Waals surface area contributed by atoms with Gasteiger partial charge in [0.1, 0.15) is 5.75 Å². The molecule has 28 heavy (non-hydrogen) atoms. The van der Waals surface area contributed by atoms with Crippen LogP contribution in [-0.4, -0.2) is 42.6 Å². The number of ether oxygens (including phenoxy) is 1. The molecule has 1 aliphatic rings. The van der Waals surface area contributed by atoms with Gasteiger partial charge >= 0.3 is 0 Å². The van der Waals surface area contributed by atoms with Crippen LogP contribution in [0.3, 0.4) is 0 Å². The highest BCUT2D eigenvalue weighted by atomic mass is 32.2. The summed E-state index contributed by atoms with van der Waals surface area (Å²) < 4.78 is 38.8. The molecule has 1 unspecified atom stereocenters. The standard InChI is InChI=1S/C19H21N3O4S2/c1-2-25-15-7-9-16(10-8-15)28(23,24)22-11-3-5-14(13-22)18-20-21-19(26-18)17-6-4-12-27-17/h4,6-10,12,14H,2-3,5,11,13H2,1H3. The van der Waals surface area contributed by atoms with Crippen LogP contribution in [0.25, 0.3) is 10.8 Å². The number of hydrogen-bond donors (Lipinski definition) is 0. The molecule has 4 rings (SSSR count). The average molecular weight is 420 g/mol. The van der Waals surface area contributed by atoms with Crippen LogP contribution in [0.15, 0.2) is 51.1 Å². The Kier molecular flexibility index (Phi) is 5.47. The summed E-state index contributed by atoms with van der Waals surface area (Å²) in [7, 11) is -3.58. The molecule has 0 spiro atoms. The Labute approximate surface area is 168 Å². The lowest BCUT2D eigenvalue weighted by Crippen LogP contribution is -2.39. The number of piperidine rings is 1. The van der Waals surface area contributed by atoms with Crippen molar-refractivity contribution in [3.8, 4) is 16.5 Å². The quantitative estimate of drug-likeness (QED) is 0.605. The maximum absolute atomic E-state index is 13.0. The van der Waals surface area contributed by atoms with E-state index in [4.69, 9.17) is 9.15 Å². The Morgan fingerprint density at radius 2 is 2.07 bits per heavy atom. The molecule has 1 aromatic carbocycles. The topological polar surface area (TPSA) is 85.5 Å². The van der Waals surface area contributed by atoms with Crippen LogP contribution < -0.4 is 4.74 Å². The summed E-state index contributed by atoms with van der Waals surface area (Å²) in [4.78, 5) is 1.18. The first-order chi connectivity index (χ1) is 13.6. The molecule has 0 saturated carbocycles. The summed E-state index contributed by atoms with van der Waals surface area (Å²) >= 11 is 1.53. The van der Waals surface area contributed by atoms with Crippen LogP contribution >= 0.6 is 11.3 Å². The van der Waals surface area contributed by atoms with Crippen molar-refractivity contribution >= 4 is 21.4 Å². The minimum absolute atomic E-state index is 0.104. The zero-order valence-corrected chi connectivity index (χ0v) is 17.1. The van der Waals surface area contributed by atoms with Crippen molar-refractivity contribution in [2.24, 2.45) is 0 Å². The first-order valence-electron chi connectivity index (χ1n) is 9.18. The molecule has 0 N–H and O–H groups in total. The van der Waals surface area contributed by atoms with Gasteiger partial charge in [-0.2, -0.15) is 4.31 Å². The molecule has 3 heterocycles. The predicted octanol–water partition coefficient (Wildman–Crippen LogP) is 3.77. The molecule has 1 fully saturated rings. The van der Waals surface area contributed by atoms with Gasteiger partial charge < -0.3 is 9.15 Å². The van der Waals surface area contributed by atoms with Crippen LogP contribution in [0.5, 0.6) is 5.75 Å². The number of sulfonamides is 1. The summed E-state index contributed by atoms with van der Waals surface area (Å²) in [6.07, 6.45) is 1.57. The summed E-state index contributed by atoms with van der Waals surface area (Å²) in [6, 6.07) is 10.4. The molecule has 0 aliphatic carbocycles. The lowest BCUT2D eigenvalue weighted by molar-refractivity contribution is 0.286. The van der Waals surface area contributed by atoms with Gasteiger partial charge in [-0.15, -0.1) is 21.5 Å². The predicted molar refractivity (Wildman–Crippen MR) is 106 cm³/mol. The Balaban J connectivity index is 1.51. The van der Waals surface area contributed by atoms with Crippen molar-refractivity contribution in [2.45, 2.75) is 30.6 Å². The van der Waals surface area contributed by atoms with Gasteiger partial charge in [-0.1, -0.05) is 6.07 Å². The number of aromatic nitrogens is 2. The first kappa shape index (κ1) is 19.1. The molecule has 1 saturated heterocycles. The lowest BCUT2D eigenvalue weighted by Gasteiger charge is -2.30. The molecule has 1 atom stereocenters. The van der Waals surface area contributed by atoms with Crippen molar-refractivity contribution in [3.63, 3.8) is 0 Å². The lowest BCUT2D eigenvalue weighted by atomic mass is 10.00. The average Bonchev–Trinajstić information content (AvgIpc) is 3.41. The van der Waals surface area contributed by atoms with E-state index in [1.54, 1.807) is 24.3 Å². The third-order valence-corrected chi connectivity index (χ3v) is 7.42. The number of benzene rings is 1. The highest BCUT2D eigenvalue weighted by Crippen LogP contribution is 2.32. The first-order valence-corrected chi connectivity index (χ1v) is 11.5. The van der Waals surface area contributed by atoms with E-state index < -0.39 is 10.0 Å². The van der Waals surface area contributed by atoms with Gasteiger partial charge in [0.2, 0.25) is 15.9 Å². The second-order valence-electron chi connectivity index (χ2n) is 6.53. The second-order valence-corrected chi connectivity index (χ2v) is 9.42. The minimum Gasteiger partial charge on any atom is -0.494 e. The van der Waals surface area contributed by atoms with E-state index in [0.717, 1.165) is 17.7 Å². The van der Waals surface area contributed by atoms with Crippen LogP contribution in [0.1, 0.15) is 31.6 Å². The Hall–Kier alpha value is -2.23. The van der Waals surface area contributed by atoms with E-state index in [-0.39, 0.29) is 10.8 Å². The molecule has 148 valence electrons. The highest BCUT2D eigenvalue weighted by molar-refractivity contribution is 7.89. The van der Waals surface area contributed by atoms with Gasteiger partial charge in [0.05, 0.1) is 22.3 Å². The van der Waals surface area contributed by atoms with E-state index in [9.17, 15) is 8.42 Å². The molecule has 0 amide bonds. The fourth-order valence-corrected chi connectivity index (χ4v) is 5.45. The molecule has 0 radical (unpaired) electrons. The third-order valence-electron chi connectivity index (χ3n) is 4.68. The van der Waals surface area contributed by atoms with Crippen molar-refractivity contribution in [1.29, 1.82) is 0 Å². The fourth-order valence-electron chi connectivity index (χ4n) is 3.29. The second kappa shape index (κ2) is 8.02. The third kappa shape index (κ3) is 3.82. The fraction of sp³-hybridized carbons (Fsp3) is 0.368. The van der Waals surface area contributed by atoms with Crippen LogP contribution in [0.4, 0.5) is 0 Å². The van der Waals surface area contributed by atoms with Gasteiger partial charge in [-0.05, 0) is 55.5 Å². The zero-order valence-electron chi connectivity index (χ0n) is 15.4. The highest BCUT2D eigenvalue weighted by Gasteiger charge is 2.33. The van der Waals surface area contributed by atoms with E-state index >= 15 is 0 Å². The summed E-state index contributed by atoms with van der Waals surface area (Å²) in [6.45, 7) is 3.25. The molecular weight excluding hydrogens is 398 g/mol. The van der Waals surface area contributed by atoms with E-state index in [1.165, 1.54) is 15.6 Å². The van der Waals surface area contributed by atoms with Crippen molar-refractivity contribution < 1.29 is 17.6 Å². The molecule has 7 nitrogen and oxygen atoms in total. The smallest absolute Gasteiger partial charge is 0.257 e. The van der Waals surface area contributed by atoms with Crippen molar-refractivity contribution in [2.75, 3.05) is 19.7 Å². The zero-order chi connectivity index (χ0) is 19.6. The number of hydrogen-bond acceptors (Lipinski definition) is 7. The Morgan fingerprint density at radius 3 is 2.79 bits per heavy atom. The van der Waals surface area contributed by atoms with Gasteiger partial charge in [0.15, 0.2) is 0 Å². The minimum atomic E-state index is -3.58. The van der Waals surface area contributed by atoms with Gasteiger partial charge in [-0.3, -0.25) is 0 Å². The maximum atomic E-state index is 13.0. The van der Waals surface area contributed by atoms with Crippen molar-refractivity contribution in [3.05, 3.63) is 47.7 Å². The molecule has 2 aromatic heterocycles. The van der Waals surface area contributed by atoms with Crippen LogP contribution in [-0.2, 0) is 10.0 Å². The largest absolute Gasteiger partial charge is 0.494 e. The Bertz CT molecular complexity index is 1010. The normalized spacial score (nSPS) is 18.2. The summed E-state index contributed by atoms with van der Waals surface area (Å²) in [5.41, 5.74) is 0. The van der Waals surface area contributed by atoms with Crippen LogP contribution in [0.2, 0.25) is 0 Å². The van der Waals surface area contributed by atoms with Gasteiger partial charge in [0, 0.05) is 13.1 Å². The van der Waals surface area contributed by atoms with Crippen LogP contribution in [0, 0.1) is 0 Å². The Morgan fingerprint density at radius 1 is 1.25 bits per heavy atom. The summed E-state index contributed by atoms with van der Waals surface area (Å²) in [5, 5.41) is 10.2. The van der Waals surface area contributed by atoms with E-state index in [1.807, 2.05) is 24.4 Å². The molecule has 1 aliphatic heterocycles. The SMILES string of the molecule is CCOc1ccc(S(=O)(=O)N2CCCC(c3nnc(-c4cccs4)o3)C2)cc1. The van der Waals surface area contributed by atoms with Gasteiger partial charge in [-0.25, -0.2) is 8.42 Å². The number of thiophene rings is 1. The number of rotatable bonds is 6. The number of nitrogens with zero attached hydrogens (tertiary/aromatic N) is 3. The molecular formula is C19H21N3O4S2. The van der Waals surface area contributed by atoms with E-state index in [2.05, 4.69) is 10.2 Å².